The third kappa shape index (κ3) is 3.27. The lowest BCUT2D eigenvalue weighted by atomic mass is 9.97. The Balaban J connectivity index is 1.92. The zero-order chi connectivity index (χ0) is 13.0. The topological polar surface area (TPSA) is 21.3 Å². The summed E-state index contributed by atoms with van der Waals surface area (Å²) in [7, 11) is 0. The molecule has 1 aromatic carbocycles. The molecule has 0 amide bonds. The fourth-order valence-corrected chi connectivity index (χ4v) is 2.16. The second-order valence-corrected chi connectivity index (χ2v) is 4.89. The zero-order valence-corrected chi connectivity index (χ0v) is 10.5. The minimum Gasteiger partial charge on any atom is -0.370 e. The van der Waals surface area contributed by atoms with E-state index in [4.69, 9.17) is 4.74 Å². The maximum absolute atomic E-state index is 13.9. The van der Waals surface area contributed by atoms with Gasteiger partial charge in [0.25, 0.3) is 5.92 Å². The lowest BCUT2D eigenvalue weighted by Gasteiger charge is -2.31. The number of benzene rings is 1. The summed E-state index contributed by atoms with van der Waals surface area (Å²) in [6.07, 6.45) is 0.857. The van der Waals surface area contributed by atoms with Crippen molar-refractivity contribution in [2.75, 3.05) is 19.7 Å². The van der Waals surface area contributed by atoms with Gasteiger partial charge in [0.05, 0.1) is 6.10 Å². The second kappa shape index (κ2) is 5.76. The van der Waals surface area contributed by atoms with Crippen LogP contribution < -0.4 is 5.32 Å². The number of hydrogen-bond donors (Lipinski definition) is 1. The van der Waals surface area contributed by atoms with Crippen LogP contribution in [0.25, 0.3) is 0 Å². The van der Waals surface area contributed by atoms with Crippen LogP contribution in [0.1, 0.15) is 18.9 Å². The van der Waals surface area contributed by atoms with Crippen LogP contribution in [0.2, 0.25) is 0 Å². The van der Waals surface area contributed by atoms with Gasteiger partial charge in [-0.25, -0.2) is 0 Å². The van der Waals surface area contributed by atoms with Crippen LogP contribution in [0.15, 0.2) is 30.3 Å². The van der Waals surface area contributed by atoms with Crippen molar-refractivity contribution in [3.63, 3.8) is 0 Å². The van der Waals surface area contributed by atoms with E-state index in [0.29, 0.717) is 12.5 Å². The predicted octanol–water partition coefficient (Wildman–Crippen LogP) is 2.79. The summed E-state index contributed by atoms with van der Waals surface area (Å²) in [6, 6.07) is 7.84. The molecule has 0 aromatic heterocycles. The molecule has 0 saturated carbocycles. The molecule has 1 fully saturated rings. The molecule has 1 aromatic rings. The lowest BCUT2D eigenvalue weighted by molar-refractivity contribution is -0.118. The van der Waals surface area contributed by atoms with Crippen LogP contribution in [0.5, 0.6) is 0 Å². The first-order valence-corrected chi connectivity index (χ1v) is 6.35. The van der Waals surface area contributed by atoms with Gasteiger partial charge in [0.2, 0.25) is 0 Å². The molecule has 1 N–H and O–H groups in total. The van der Waals surface area contributed by atoms with E-state index in [9.17, 15) is 8.78 Å². The van der Waals surface area contributed by atoms with Gasteiger partial charge in [0.15, 0.2) is 0 Å². The number of nitrogens with one attached hydrogen (secondary N) is 1. The van der Waals surface area contributed by atoms with Crippen molar-refractivity contribution in [1.82, 2.24) is 5.32 Å². The van der Waals surface area contributed by atoms with E-state index in [0.717, 1.165) is 13.0 Å². The van der Waals surface area contributed by atoms with Crippen molar-refractivity contribution in [2.45, 2.75) is 25.4 Å². The summed E-state index contributed by atoms with van der Waals surface area (Å²) in [5, 5.41) is 3.17. The highest BCUT2D eigenvalue weighted by molar-refractivity contribution is 5.19. The van der Waals surface area contributed by atoms with Crippen LogP contribution in [-0.4, -0.2) is 25.8 Å². The minimum absolute atomic E-state index is 0.0152. The molecule has 2 rings (SSSR count). The van der Waals surface area contributed by atoms with Gasteiger partial charge >= 0.3 is 0 Å². The number of rotatable bonds is 4. The van der Waals surface area contributed by atoms with Crippen molar-refractivity contribution in [1.29, 1.82) is 0 Å². The Labute approximate surface area is 106 Å². The third-order valence-electron chi connectivity index (χ3n) is 3.43. The molecular formula is C14H19F2NO. The first-order valence-electron chi connectivity index (χ1n) is 6.35. The van der Waals surface area contributed by atoms with Crippen molar-refractivity contribution in [2.24, 2.45) is 5.92 Å². The van der Waals surface area contributed by atoms with Crippen molar-refractivity contribution in [3.05, 3.63) is 35.9 Å². The summed E-state index contributed by atoms with van der Waals surface area (Å²) in [5.41, 5.74) is 0.0152. The van der Waals surface area contributed by atoms with Crippen LogP contribution in [0.3, 0.4) is 0 Å². The fourth-order valence-electron chi connectivity index (χ4n) is 2.16. The predicted molar refractivity (Wildman–Crippen MR) is 66.7 cm³/mol. The first kappa shape index (κ1) is 13.4. The Morgan fingerprint density at radius 3 is 2.72 bits per heavy atom. The molecule has 2 unspecified atom stereocenters. The number of halogens is 2. The van der Waals surface area contributed by atoms with Gasteiger partial charge < -0.3 is 10.1 Å². The normalized spacial score (nSPS) is 25.1. The van der Waals surface area contributed by atoms with Gasteiger partial charge in [-0.3, -0.25) is 0 Å². The Kier molecular flexibility index (Phi) is 4.30. The average molecular weight is 255 g/mol. The summed E-state index contributed by atoms with van der Waals surface area (Å²) in [4.78, 5) is 0. The Hall–Kier alpha value is -1.00. The Bertz CT molecular complexity index is 369. The summed E-state index contributed by atoms with van der Waals surface area (Å²) in [6.45, 7) is 3.10. The average Bonchev–Trinajstić information content (AvgIpc) is 2.39. The molecule has 1 heterocycles. The number of ether oxygens (including phenoxy) is 1. The molecule has 100 valence electrons. The molecule has 2 atom stereocenters. The molecule has 0 bridgehead atoms. The molecule has 1 aliphatic rings. The van der Waals surface area contributed by atoms with Crippen LogP contribution in [-0.2, 0) is 10.7 Å². The van der Waals surface area contributed by atoms with Gasteiger partial charge in [-0.1, -0.05) is 37.3 Å². The Morgan fingerprint density at radius 2 is 2.06 bits per heavy atom. The summed E-state index contributed by atoms with van der Waals surface area (Å²) < 4.78 is 33.2. The van der Waals surface area contributed by atoms with E-state index in [2.05, 4.69) is 5.32 Å². The van der Waals surface area contributed by atoms with Crippen LogP contribution in [0.4, 0.5) is 8.78 Å². The largest absolute Gasteiger partial charge is 0.370 e. The van der Waals surface area contributed by atoms with Crippen molar-refractivity contribution in [3.8, 4) is 0 Å². The Morgan fingerprint density at radius 1 is 1.33 bits per heavy atom. The maximum atomic E-state index is 13.9. The molecular weight excluding hydrogens is 236 g/mol. The highest BCUT2D eigenvalue weighted by Crippen LogP contribution is 2.29. The van der Waals surface area contributed by atoms with Crippen molar-refractivity contribution < 1.29 is 13.5 Å². The fraction of sp³-hybridized carbons (Fsp3) is 0.571. The van der Waals surface area contributed by atoms with Gasteiger partial charge in [-0.2, -0.15) is 8.78 Å². The van der Waals surface area contributed by atoms with Gasteiger partial charge in [0, 0.05) is 12.1 Å². The molecule has 2 nitrogen and oxygen atoms in total. The van der Waals surface area contributed by atoms with E-state index in [1.54, 1.807) is 18.2 Å². The molecule has 18 heavy (non-hydrogen) atoms. The molecule has 1 saturated heterocycles. The molecule has 4 heteroatoms. The van der Waals surface area contributed by atoms with Gasteiger partial charge in [-0.05, 0) is 18.9 Å². The monoisotopic (exact) mass is 255 g/mol. The number of piperidine rings is 1. The van der Waals surface area contributed by atoms with Gasteiger partial charge in [0.1, 0.15) is 6.61 Å². The number of alkyl halides is 2. The highest BCUT2D eigenvalue weighted by Gasteiger charge is 2.34. The second-order valence-electron chi connectivity index (χ2n) is 4.89. The zero-order valence-electron chi connectivity index (χ0n) is 10.5. The highest BCUT2D eigenvalue weighted by atomic mass is 19.3. The summed E-state index contributed by atoms with van der Waals surface area (Å²) in [5.74, 6) is -2.59. The molecule has 0 radical (unpaired) electrons. The standard InChI is InChI=1S/C14H19F2NO/c1-11-7-8-17-9-13(11)18-10-14(15,16)12-5-3-2-4-6-12/h2-6,11,13,17H,7-10H2,1H3. The summed E-state index contributed by atoms with van der Waals surface area (Å²) >= 11 is 0. The van der Waals surface area contributed by atoms with E-state index < -0.39 is 12.5 Å². The number of hydrogen-bond acceptors (Lipinski definition) is 2. The SMILES string of the molecule is CC1CCNCC1OCC(F)(F)c1ccccc1. The van der Waals surface area contributed by atoms with Crippen LogP contribution in [0, 0.1) is 5.92 Å². The molecule has 0 spiro atoms. The molecule has 0 aliphatic carbocycles. The van der Waals surface area contributed by atoms with Crippen molar-refractivity contribution >= 4 is 0 Å². The van der Waals surface area contributed by atoms with E-state index >= 15 is 0 Å². The maximum Gasteiger partial charge on any atom is 0.296 e. The lowest BCUT2D eigenvalue weighted by Crippen LogP contribution is -2.42. The quantitative estimate of drug-likeness (QED) is 0.893. The van der Waals surface area contributed by atoms with E-state index in [-0.39, 0.29) is 11.7 Å². The molecule has 1 aliphatic heterocycles. The third-order valence-corrected chi connectivity index (χ3v) is 3.43. The van der Waals surface area contributed by atoms with Crippen LogP contribution >= 0.6 is 0 Å². The van der Waals surface area contributed by atoms with E-state index in [1.807, 2.05) is 6.92 Å². The minimum atomic E-state index is -2.92. The first-order chi connectivity index (χ1) is 8.59. The van der Waals surface area contributed by atoms with E-state index in [1.165, 1.54) is 12.1 Å². The smallest absolute Gasteiger partial charge is 0.296 e. The van der Waals surface area contributed by atoms with Gasteiger partial charge in [-0.15, -0.1) is 0 Å².